The predicted molar refractivity (Wildman–Crippen MR) is 72.1 cm³/mol. The molecular formula is C15H16N2O2. The van der Waals surface area contributed by atoms with Crippen LogP contribution in [-0.2, 0) is 13.1 Å². The Morgan fingerprint density at radius 1 is 1.16 bits per heavy atom. The Bertz CT molecular complexity index is 567. The minimum absolute atomic E-state index is 0.314. The maximum atomic E-state index is 5.47. The summed E-state index contributed by atoms with van der Waals surface area (Å²) in [5.41, 5.74) is 3.33. The van der Waals surface area contributed by atoms with Gasteiger partial charge in [0.25, 0.3) is 0 Å². The van der Waals surface area contributed by atoms with Crippen molar-refractivity contribution >= 4 is 0 Å². The third-order valence-corrected chi connectivity index (χ3v) is 3.10. The van der Waals surface area contributed by atoms with Crippen molar-refractivity contribution in [2.45, 2.75) is 20.0 Å². The van der Waals surface area contributed by atoms with Crippen molar-refractivity contribution in [1.29, 1.82) is 0 Å². The van der Waals surface area contributed by atoms with E-state index >= 15 is 0 Å². The van der Waals surface area contributed by atoms with E-state index in [2.05, 4.69) is 16.4 Å². The fraction of sp³-hybridized carbons (Fsp3) is 0.267. The fourth-order valence-corrected chi connectivity index (χ4v) is 2.07. The van der Waals surface area contributed by atoms with E-state index in [1.54, 1.807) is 0 Å². The summed E-state index contributed by atoms with van der Waals surface area (Å²) < 4.78 is 10.8. The summed E-state index contributed by atoms with van der Waals surface area (Å²) in [6.45, 7) is 3.84. The maximum Gasteiger partial charge on any atom is 0.231 e. The number of rotatable bonds is 4. The number of fused-ring (bicyclic) bond motifs is 1. The van der Waals surface area contributed by atoms with Crippen LogP contribution in [0.3, 0.4) is 0 Å². The molecule has 2 heterocycles. The summed E-state index contributed by atoms with van der Waals surface area (Å²) in [5, 5.41) is 3.39. The monoisotopic (exact) mass is 256 g/mol. The summed E-state index contributed by atoms with van der Waals surface area (Å²) in [6.07, 6.45) is 1.90. The Morgan fingerprint density at radius 3 is 2.95 bits per heavy atom. The summed E-state index contributed by atoms with van der Waals surface area (Å²) in [6, 6.07) is 10.1. The molecule has 98 valence electrons. The molecule has 1 N–H and O–H groups in total. The first-order valence-corrected chi connectivity index (χ1v) is 6.32. The van der Waals surface area contributed by atoms with Crippen LogP contribution in [0.4, 0.5) is 0 Å². The second kappa shape index (κ2) is 5.28. The van der Waals surface area contributed by atoms with Gasteiger partial charge in [-0.3, -0.25) is 4.98 Å². The molecule has 0 spiro atoms. The summed E-state index contributed by atoms with van der Waals surface area (Å²) in [4.78, 5) is 4.28. The van der Waals surface area contributed by atoms with Gasteiger partial charge in [0.1, 0.15) is 0 Å². The Kier molecular flexibility index (Phi) is 3.33. The van der Waals surface area contributed by atoms with E-state index in [0.717, 1.165) is 35.8 Å². The van der Waals surface area contributed by atoms with Gasteiger partial charge >= 0.3 is 0 Å². The smallest absolute Gasteiger partial charge is 0.231 e. The van der Waals surface area contributed by atoms with Crippen LogP contribution >= 0.6 is 0 Å². The average molecular weight is 256 g/mol. The summed E-state index contributed by atoms with van der Waals surface area (Å²) >= 11 is 0. The molecule has 0 saturated carbocycles. The number of benzene rings is 1. The van der Waals surface area contributed by atoms with E-state index in [4.69, 9.17) is 9.47 Å². The van der Waals surface area contributed by atoms with E-state index in [0.29, 0.717) is 6.79 Å². The number of ether oxygens (including phenoxy) is 2. The molecule has 19 heavy (non-hydrogen) atoms. The van der Waals surface area contributed by atoms with Gasteiger partial charge in [0.2, 0.25) is 6.79 Å². The lowest BCUT2D eigenvalue weighted by Crippen LogP contribution is -2.13. The van der Waals surface area contributed by atoms with Crippen LogP contribution in [0.15, 0.2) is 36.5 Å². The quantitative estimate of drug-likeness (QED) is 0.912. The van der Waals surface area contributed by atoms with Gasteiger partial charge in [-0.15, -0.1) is 0 Å². The number of aryl methyl sites for hydroxylation is 1. The van der Waals surface area contributed by atoms with Crippen LogP contribution in [0.2, 0.25) is 0 Å². The SMILES string of the molecule is Cc1ccc(CNCc2cccc3c2OCO3)cn1. The molecule has 3 rings (SSSR count). The van der Waals surface area contributed by atoms with Crippen LogP contribution in [0.1, 0.15) is 16.8 Å². The Morgan fingerprint density at radius 2 is 2.11 bits per heavy atom. The molecule has 0 saturated heterocycles. The van der Waals surface area contributed by atoms with Crippen LogP contribution in [0, 0.1) is 6.92 Å². The molecule has 1 aromatic carbocycles. The normalized spacial score (nSPS) is 12.7. The van der Waals surface area contributed by atoms with Crippen molar-refractivity contribution in [2.75, 3.05) is 6.79 Å². The van der Waals surface area contributed by atoms with Crippen molar-refractivity contribution < 1.29 is 9.47 Å². The molecule has 1 aliphatic heterocycles. The number of aromatic nitrogens is 1. The number of nitrogens with one attached hydrogen (secondary N) is 1. The van der Waals surface area contributed by atoms with Crippen LogP contribution in [0.5, 0.6) is 11.5 Å². The molecule has 0 bridgehead atoms. The van der Waals surface area contributed by atoms with E-state index in [-0.39, 0.29) is 0 Å². The number of nitrogens with zero attached hydrogens (tertiary/aromatic N) is 1. The molecule has 4 heteroatoms. The van der Waals surface area contributed by atoms with E-state index in [1.807, 2.05) is 37.4 Å². The number of pyridine rings is 1. The molecule has 1 aromatic heterocycles. The highest BCUT2D eigenvalue weighted by molar-refractivity contribution is 5.48. The van der Waals surface area contributed by atoms with Gasteiger partial charge in [0, 0.05) is 30.5 Å². The van der Waals surface area contributed by atoms with Gasteiger partial charge in [-0.2, -0.15) is 0 Å². The molecule has 4 nitrogen and oxygen atoms in total. The third-order valence-electron chi connectivity index (χ3n) is 3.10. The second-order valence-corrected chi connectivity index (χ2v) is 4.56. The first-order chi connectivity index (χ1) is 9.33. The molecule has 0 fully saturated rings. The Labute approximate surface area is 112 Å². The first-order valence-electron chi connectivity index (χ1n) is 6.32. The topological polar surface area (TPSA) is 43.4 Å². The van der Waals surface area contributed by atoms with Gasteiger partial charge in [0.15, 0.2) is 11.5 Å². The molecule has 0 radical (unpaired) electrons. The highest BCUT2D eigenvalue weighted by Crippen LogP contribution is 2.35. The molecule has 0 unspecified atom stereocenters. The van der Waals surface area contributed by atoms with Gasteiger partial charge in [0.05, 0.1) is 0 Å². The molecular weight excluding hydrogens is 240 g/mol. The van der Waals surface area contributed by atoms with Crippen LogP contribution < -0.4 is 14.8 Å². The van der Waals surface area contributed by atoms with Gasteiger partial charge in [-0.25, -0.2) is 0 Å². The van der Waals surface area contributed by atoms with Gasteiger partial charge in [-0.05, 0) is 24.6 Å². The van der Waals surface area contributed by atoms with Crippen molar-refractivity contribution in [3.8, 4) is 11.5 Å². The van der Waals surface area contributed by atoms with Crippen LogP contribution in [0.25, 0.3) is 0 Å². The lowest BCUT2D eigenvalue weighted by molar-refractivity contribution is 0.173. The summed E-state index contributed by atoms with van der Waals surface area (Å²) in [5.74, 6) is 1.69. The molecule has 2 aromatic rings. The third kappa shape index (κ3) is 2.69. The molecule has 0 atom stereocenters. The Hall–Kier alpha value is -2.07. The minimum Gasteiger partial charge on any atom is -0.454 e. The zero-order valence-electron chi connectivity index (χ0n) is 10.8. The molecule has 0 amide bonds. The molecule has 0 aliphatic carbocycles. The highest BCUT2D eigenvalue weighted by Gasteiger charge is 2.16. The Balaban J connectivity index is 1.61. The average Bonchev–Trinajstić information content (AvgIpc) is 2.90. The minimum atomic E-state index is 0.314. The largest absolute Gasteiger partial charge is 0.454 e. The maximum absolute atomic E-state index is 5.47. The fourth-order valence-electron chi connectivity index (χ4n) is 2.07. The van der Waals surface area contributed by atoms with Crippen molar-refractivity contribution in [1.82, 2.24) is 10.3 Å². The van der Waals surface area contributed by atoms with Gasteiger partial charge < -0.3 is 14.8 Å². The number of hydrogen-bond donors (Lipinski definition) is 1. The van der Waals surface area contributed by atoms with Gasteiger partial charge in [-0.1, -0.05) is 18.2 Å². The zero-order chi connectivity index (χ0) is 13.1. The summed E-state index contributed by atoms with van der Waals surface area (Å²) in [7, 11) is 0. The first kappa shape index (κ1) is 12.0. The predicted octanol–water partition coefficient (Wildman–Crippen LogP) is 2.41. The van der Waals surface area contributed by atoms with Crippen molar-refractivity contribution in [2.24, 2.45) is 0 Å². The highest BCUT2D eigenvalue weighted by atomic mass is 16.7. The van der Waals surface area contributed by atoms with Crippen molar-refractivity contribution in [3.05, 3.63) is 53.3 Å². The zero-order valence-corrected chi connectivity index (χ0v) is 10.8. The van der Waals surface area contributed by atoms with Crippen LogP contribution in [-0.4, -0.2) is 11.8 Å². The van der Waals surface area contributed by atoms with E-state index in [9.17, 15) is 0 Å². The number of para-hydroxylation sites is 1. The lowest BCUT2D eigenvalue weighted by atomic mass is 10.2. The standard InChI is InChI=1S/C15H16N2O2/c1-11-5-6-12(8-17-11)7-16-9-13-3-2-4-14-15(13)19-10-18-14/h2-6,8,16H,7,9-10H2,1H3. The van der Waals surface area contributed by atoms with E-state index in [1.165, 1.54) is 5.56 Å². The van der Waals surface area contributed by atoms with E-state index < -0.39 is 0 Å². The van der Waals surface area contributed by atoms with Crippen molar-refractivity contribution in [3.63, 3.8) is 0 Å². The lowest BCUT2D eigenvalue weighted by Gasteiger charge is -2.07. The number of hydrogen-bond acceptors (Lipinski definition) is 4. The molecule has 1 aliphatic rings. The second-order valence-electron chi connectivity index (χ2n) is 4.56.